The van der Waals surface area contributed by atoms with Crippen LogP contribution in [0.25, 0.3) is 11.0 Å². The molecule has 0 saturated carbocycles. The lowest BCUT2D eigenvalue weighted by Gasteiger charge is -2.10. The van der Waals surface area contributed by atoms with E-state index in [0.717, 1.165) is 35.8 Å². The van der Waals surface area contributed by atoms with Crippen LogP contribution in [0.4, 0.5) is 0 Å². The van der Waals surface area contributed by atoms with Crippen LogP contribution in [0.2, 0.25) is 0 Å². The van der Waals surface area contributed by atoms with Crippen molar-refractivity contribution in [3.8, 4) is 11.5 Å². The Kier molecular flexibility index (Phi) is 4.77. The third-order valence-corrected chi connectivity index (χ3v) is 5.01. The van der Waals surface area contributed by atoms with Crippen molar-refractivity contribution in [2.45, 2.75) is 25.7 Å². The van der Waals surface area contributed by atoms with E-state index < -0.39 is 11.9 Å². The molecule has 1 aliphatic rings. The predicted octanol–water partition coefficient (Wildman–Crippen LogP) is 3.86. The average molecular weight is 380 g/mol. The number of esters is 2. The minimum atomic E-state index is -0.492. The van der Waals surface area contributed by atoms with Crippen LogP contribution in [0.3, 0.4) is 0 Å². The molecule has 3 aromatic rings. The zero-order valence-corrected chi connectivity index (χ0v) is 15.7. The molecule has 6 nitrogen and oxygen atoms in total. The van der Waals surface area contributed by atoms with Gasteiger partial charge in [0.2, 0.25) is 0 Å². The maximum absolute atomic E-state index is 12.5. The molecule has 28 heavy (non-hydrogen) atoms. The van der Waals surface area contributed by atoms with E-state index in [2.05, 4.69) is 16.9 Å². The Hall–Kier alpha value is -3.28. The summed E-state index contributed by atoms with van der Waals surface area (Å²) >= 11 is 0. The van der Waals surface area contributed by atoms with Crippen molar-refractivity contribution in [1.82, 2.24) is 0 Å². The number of aryl methyl sites for hydroxylation is 2. The number of benzene rings is 2. The Labute approximate surface area is 162 Å². The van der Waals surface area contributed by atoms with Gasteiger partial charge < -0.3 is 18.6 Å². The van der Waals surface area contributed by atoms with Crippen molar-refractivity contribution in [3.05, 3.63) is 58.8 Å². The van der Waals surface area contributed by atoms with Crippen LogP contribution in [0.15, 0.2) is 41.0 Å². The third kappa shape index (κ3) is 3.33. The van der Waals surface area contributed by atoms with Crippen molar-refractivity contribution >= 4 is 22.9 Å². The third-order valence-electron chi connectivity index (χ3n) is 5.01. The Morgan fingerprint density at radius 2 is 1.82 bits per heavy atom. The molecule has 2 aromatic carbocycles. The van der Waals surface area contributed by atoms with Gasteiger partial charge in [0, 0.05) is 10.9 Å². The number of hydrogen-bond acceptors (Lipinski definition) is 6. The van der Waals surface area contributed by atoms with E-state index in [1.807, 2.05) is 0 Å². The quantitative estimate of drug-likeness (QED) is 0.494. The molecule has 0 fully saturated rings. The number of rotatable bonds is 5. The van der Waals surface area contributed by atoms with Crippen molar-refractivity contribution < 1.29 is 28.2 Å². The lowest BCUT2D eigenvalue weighted by atomic mass is 10.0. The first-order valence-corrected chi connectivity index (χ1v) is 9.08. The Morgan fingerprint density at radius 1 is 1.04 bits per heavy atom. The van der Waals surface area contributed by atoms with Gasteiger partial charge in [-0.05, 0) is 60.7 Å². The summed E-state index contributed by atoms with van der Waals surface area (Å²) in [5.41, 5.74) is 4.55. The standard InChI is InChI=1S/C22H20O6/c1-25-20-10-15(22(24)26-2)6-7-18(20)28-21(23)11-16-12-27-19-9-14-5-3-4-13(14)8-17(16)19/h6-10,12H,3-5,11H2,1-2H3. The Balaban J connectivity index is 1.53. The molecule has 0 aliphatic heterocycles. The first-order chi connectivity index (χ1) is 13.6. The molecule has 1 aromatic heterocycles. The van der Waals surface area contributed by atoms with Gasteiger partial charge >= 0.3 is 11.9 Å². The number of methoxy groups -OCH3 is 2. The van der Waals surface area contributed by atoms with Gasteiger partial charge in [0.05, 0.1) is 32.5 Å². The highest BCUT2D eigenvalue weighted by atomic mass is 16.6. The fourth-order valence-electron chi connectivity index (χ4n) is 3.60. The summed E-state index contributed by atoms with van der Waals surface area (Å²) in [4.78, 5) is 24.1. The SMILES string of the molecule is COC(=O)c1ccc(OC(=O)Cc2coc3cc4c(cc23)CCC4)c(OC)c1. The summed E-state index contributed by atoms with van der Waals surface area (Å²) < 4.78 is 21.0. The first kappa shape index (κ1) is 18.1. The van der Waals surface area contributed by atoms with Crippen LogP contribution in [0.5, 0.6) is 11.5 Å². The Morgan fingerprint density at radius 3 is 2.57 bits per heavy atom. The molecule has 6 heteroatoms. The van der Waals surface area contributed by atoms with Crippen LogP contribution < -0.4 is 9.47 Å². The molecule has 1 aliphatic carbocycles. The molecule has 1 heterocycles. The number of ether oxygens (including phenoxy) is 3. The maximum Gasteiger partial charge on any atom is 0.337 e. The highest BCUT2D eigenvalue weighted by Crippen LogP contribution is 2.32. The fraction of sp³-hybridized carbons (Fsp3) is 0.273. The number of fused-ring (bicyclic) bond motifs is 2. The number of hydrogen-bond donors (Lipinski definition) is 0. The molecule has 0 spiro atoms. The monoisotopic (exact) mass is 380 g/mol. The van der Waals surface area contributed by atoms with E-state index in [0.29, 0.717) is 5.56 Å². The molecule has 0 amide bonds. The second-order valence-electron chi connectivity index (χ2n) is 6.74. The highest BCUT2D eigenvalue weighted by Gasteiger charge is 2.19. The van der Waals surface area contributed by atoms with Crippen LogP contribution in [0, 0.1) is 0 Å². The summed E-state index contributed by atoms with van der Waals surface area (Å²) in [6.07, 6.45) is 4.97. The molecule has 0 unspecified atom stereocenters. The van der Waals surface area contributed by atoms with E-state index in [1.165, 1.54) is 43.5 Å². The van der Waals surface area contributed by atoms with Crippen LogP contribution >= 0.6 is 0 Å². The summed E-state index contributed by atoms with van der Waals surface area (Å²) in [6.45, 7) is 0. The highest BCUT2D eigenvalue weighted by molar-refractivity contribution is 5.91. The van der Waals surface area contributed by atoms with Crippen molar-refractivity contribution in [1.29, 1.82) is 0 Å². The van der Waals surface area contributed by atoms with Gasteiger partial charge in [-0.2, -0.15) is 0 Å². The molecule has 0 saturated heterocycles. The summed E-state index contributed by atoms with van der Waals surface area (Å²) in [5.74, 6) is -0.402. The predicted molar refractivity (Wildman–Crippen MR) is 102 cm³/mol. The van der Waals surface area contributed by atoms with Crippen molar-refractivity contribution in [2.75, 3.05) is 14.2 Å². The number of furan rings is 1. The molecule has 0 radical (unpaired) electrons. The fourth-order valence-corrected chi connectivity index (χ4v) is 3.60. The van der Waals surface area contributed by atoms with Crippen molar-refractivity contribution in [3.63, 3.8) is 0 Å². The van der Waals surface area contributed by atoms with Crippen LogP contribution in [0.1, 0.15) is 33.5 Å². The molecule has 4 rings (SSSR count). The number of carbonyl (C=O) groups excluding carboxylic acids is 2. The molecular weight excluding hydrogens is 360 g/mol. The van der Waals surface area contributed by atoms with Crippen LogP contribution in [-0.2, 0) is 28.8 Å². The topological polar surface area (TPSA) is 75.0 Å². The van der Waals surface area contributed by atoms with E-state index >= 15 is 0 Å². The molecule has 0 atom stereocenters. The van der Waals surface area contributed by atoms with E-state index in [4.69, 9.17) is 13.9 Å². The smallest absolute Gasteiger partial charge is 0.337 e. The summed E-state index contributed by atoms with van der Waals surface area (Å²) in [7, 11) is 2.74. The van der Waals surface area contributed by atoms with Gasteiger partial charge in [-0.15, -0.1) is 0 Å². The maximum atomic E-state index is 12.5. The van der Waals surface area contributed by atoms with E-state index in [-0.39, 0.29) is 17.9 Å². The Bertz CT molecular complexity index is 1060. The normalized spacial score (nSPS) is 12.6. The first-order valence-electron chi connectivity index (χ1n) is 9.08. The minimum absolute atomic E-state index is 0.0771. The second kappa shape index (κ2) is 7.38. The summed E-state index contributed by atoms with van der Waals surface area (Å²) in [6, 6.07) is 8.71. The van der Waals surface area contributed by atoms with Crippen molar-refractivity contribution in [2.24, 2.45) is 0 Å². The van der Waals surface area contributed by atoms with Gasteiger partial charge in [0.25, 0.3) is 0 Å². The summed E-state index contributed by atoms with van der Waals surface area (Å²) in [5, 5.41) is 0.950. The zero-order chi connectivity index (χ0) is 19.7. The van der Waals surface area contributed by atoms with Gasteiger partial charge in [-0.25, -0.2) is 4.79 Å². The van der Waals surface area contributed by atoms with Gasteiger partial charge in [0.1, 0.15) is 5.58 Å². The van der Waals surface area contributed by atoms with Gasteiger partial charge in [-0.3, -0.25) is 4.79 Å². The van der Waals surface area contributed by atoms with Crippen LogP contribution in [-0.4, -0.2) is 26.2 Å². The molecule has 0 N–H and O–H groups in total. The lowest BCUT2D eigenvalue weighted by molar-refractivity contribution is -0.133. The zero-order valence-electron chi connectivity index (χ0n) is 15.7. The van der Waals surface area contributed by atoms with E-state index in [9.17, 15) is 9.59 Å². The molecule has 144 valence electrons. The molecule has 0 bridgehead atoms. The van der Waals surface area contributed by atoms with Gasteiger partial charge in [0.15, 0.2) is 11.5 Å². The second-order valence-corrected chi connectivity index (χ2v) is 6.74. The molecular formula is C22H20O6. The average Bonchev–Trinajstić information content (AvgIpc) is 3.32. The number of carbonyl (C=O) groups is 2. The minimum Gasteiger partial charge on any atom is -0.493 e. The lowest BCUT2D eigenvalue weighted by Crippen LogP contribution is -2.12. The van der Waals surface area contributed by atoms with E-state index in [1.54, 1.807) is 6.26 Å². The van der Waals surface area contributed by atoms with Gasteiger partial charge in [-0.1, -0.05) is 0 Å². The largest absolute Gasteiger partial charge is 0.493 e.